The van der Waals surface area contributed by atoms with Crippen molar-refractivity contribution in [3.8, 4) is 0 Å². The van der Waals surface area contributed by atoms with E-state index in [2.05, 4.69) is 56.7 Å². The topological polar surface area (TPSA) is 52.6 Å². The molecule has 0 bridgehead atoms. The molecule has 0 spiro atoms. The Hall–Kier alpha value is -1.54. The summed E-state index contributed by atoms with van der Waals surface area (Å²) in [5.41, 5.74) is 2.51. The normalized spacial score (nSPS) is 17.0. The molecule has 1 aromatic carbocycles. The van der Waals surface area contributed by atoms with Gasteiger partial charge in [-0.1, -0.05) is 41.4 Å². The Balaban J connectivity index is 0.00000243. The van der Waals surface area contributed by atoms with Crippen molar-refractivity contribution in [2.24, 2.45) is 4.99 Å². The molecule has 0 aliphatic carbocycles. The number of anilines is 1. The molecular weight excluding hydrogens is 461 g/mol. The van der Waals surface area contributed by atoms with Crippen LogP contribution in [0.5, 0.6) is 0 Å². The fourth-order valence-electron chi connectivity index (χ4n) is 2.96. The quantitative estimate of drug-likeness (QED) is 0.395. The predicted molar refractivity (Wildman–Crippen MR) is 120 cm³/mol. The molecule has 5 nitrogen and oxygen atoms in total. The Morgan fingerprint density at radius 1 is 1.31 bits per heavy atom. The highest BCUT2D eigenvalue weighted by atomic mass is 127. The average Bonchev–Trinajstić information content (AvgIpc) is 3.08. The van der Waals surface area contributed by atoms with E-state index in [1.54, 1.807) is 13.2 Å². The number of aryl methyl sites for hydroxylation is 1. The molecule has 26 heavy (non-hydrogen) atoms. The molecule has 2 aromatic rings. The first-order valence-corrected chi connectivity index (χ1v) is 8.91. The number of aliphatic imine (C=N–C) groups is 1. The molecule has 2 heterocycles. The third-order valence-electron chi connectivity index (χ3n) is 4.37. The molecule has 0 amide bonds. The molecule has 2 N–H and O–H groups in total. The fraction of sp³-hybridized carbons (Fsp3) is 0.368. The number of pyridine rings is 1. The average molecular weight is 486 g/mol. The molecule has 3 rings (SSSR count). The van der Waals surface area contributed by atoms with Crippen molar-refractivity contribution in [2.45, 2.75) is 25.9 Å². The summed E-state index contributed by atoms with van der Waals surface area (Å²) >= 11 is 6.25. The summed E-state index contributed by atoms with van der Waals surface area (Å²) in [5, 5.41) is 7.57. The summed E-state index contributed by atoms with van der Waals surface area (Å²) in [4.78, 5) is 10.9. The largest absolute Gasteiger partial charge is 0.353 e. The van der Waals surface area contributed by atoms with E-state index in [9.17, 15) is 0 Å². The van der Waals surface area contributed by atoms with Gasteiger partial charge in [-0.15, -0.1) is 24.0 Å². The molecule has 1 atom stereocenters. The van der Waals surface area contributed by atoms with Gasteiger partial charge >= 0.3 is 0 Å². The van der Waals surface area contributed by atoms with Crippen molar-refractivity contribution in [2.75, 3.05) is 25.0 Å². The number of halogens is 2. The van der Waals surface area contributed by atoms with Crippen LogP contribution in [0.1, 0.15) is 17.5 Å². The molecular formula is C19H25ClIN5. The second-order valence-electron chi connectivity index (χ2n) is 6.30. The van der Waals surface area contributed by atoms with Gasteiger partial charge in [0.1, 0.15) is 5.82 Å². The number of hydrogen-bond donors (Lipinski definition) is 2. The van der Waals surface area contributed by atoms with E-state index in [4.69, 9.17) is 11.6 Å². The molecule has 1 aliphatic rings. The minimum Gasteiger partial charge on any atom is -0.353 e. The van der Waals surface area contributed by atoms with E-state index in [1.165, 1.54) is 11.1 Å². The Kier molecular flexibility index (Phi) is 7.96. The minimum atomic E-state index is 0. The predicted octanol–water partition coefficient (Wildman–Crippen LogP) is 3.61. The summed E-state index contributed by atoms with van der Waals surface area (Å²) < 4.78 is 0. The second-order valence-corrected chi connectivity index (χ2v) is 6.70. The van der Waals surface area contributed by atoms with E-state index in [1.807, 2.05) is 12.1 Å². The van der Waals surface area contributed by atoms with E-state index < -0.39 is 0 Å². The number of benzene rings is 1. The number of hydrogen-bond acceptors (Lipinski definition) is 3. The van der Waals surface area contributed by atoms with Gasteiger partial charge < -0.3 is 15.5 Å². The van der Waals surface area contributed by atoms with Crippen LogP contribution in [-0.2, 0) is 6.54 Å². The highest BCUT2D eigenvalue weighted by molar-refractivity contribution is 14.0. The van der Waals surface area contributed by atoms with E-state index >= 15 is 0 Å². The smallest absolute Gasteiger partial charge is 0.191 e. The van der Waals surface area contributed by atoms with Crippen molar-refractivity contribution >= 4 is 47.4 Å². The Bertz CT molecular complexity index is 735. The molecule has 1 unspecified atom stereocenters. The number of nitrogens with zero attached hydrogens (tertiary/aromatic N) is 3. The first-order chi connectivity index (χ1) is 12.2. The van der Waals surface area contributed by atoms with Gasteiger partial charge in [0.25, 0.3) is 0 Å². The second kappa shape index (κ2) is 9.97. The van der Waals surface area contributed by atoms with Gasteiger partial charge in [-0.3, -0.25) is 4.99 Å². The van der Waals surface area contributed by atoms with Gasteiger partial charge in [-0.05, 0) is 31.0 Å². The van der Waals surface area contributed by atoms with Crippen LogP contribution in [0.15, 0.2) is 47.6 Å². The van der Waals surface area contributed by atoms with Crippen LogP contribution in [0, 0.1) is 6.92 Å². The van der Waals surface area contributed by atoms with Gasteiger partial charge in [0, 0.05) is 38.9 Å². The summed E-state index contributed by atoms with van der Waals surface area (Å²) in [6.07, 6.45) is 2.81. The van der Waals surface area contributed by atoms with Crippen molar-refractivity contribution < 1.29 is 0 Å². The van der Waals surface area contributed by atoms with Crippen molar-refractivity contribution in [1.29, 1.82) is 0 Å². The summed E-state index contributed by atoms with van der Waals surface area (Å²) in [5.74, 6) is 1.68. The number of guanidine groups is 1. The monoisotopic (exact) mass is 485 g/mol. The third kappa shape index (κ3) is 5.48. The van der Waals surface area contributed by atoms with Crippen LogP contribution < -0.4 is 15.5 Å². The fourth-order valence-corrected chi connectivity index (χ4v) is 3.20. The standard InChI is InChI=1S/C19H24ClN5.HI/c1-14-5-7-15(8-6-14)12-23-19(21-2)24-16-9-11-25(13-16)18-17(20)4-3-10-22-18;/h3-8,10,16H,9,11-13H2,1-2H3,(H2,21,23,24);1H. The molecule has 1 saturated heterocycles. The molecule has 0 saturated carbocycles. The lowest BCUT2D eigenvalue weighted by Crippen LogP contribution is -2.44. The summed E-state index contributed by atoms with van der Waals surface area (Å²) in [6.45, 7) is 4.64. The van der Waals surface area contributed by atoms with Crippen LogP contribution in [0.25, 0.3) is 0 Å². The summed E-state index contributed by atoms with van der Waals surface area (Å²) in [7, 11) is 1.80. The van der Waals surface area contributed by atoms with Crippen LogP contribution in [-0.4, -0.2) is 37.1 Å². The zero-order chi connectivity index (χ0) is 17.6. The van der Waals surface area contributed by atoms with Gasteiger partial charge in [-0.2, -0.15) is 0 Å². The Morgan fingerprint density at radius 2 is 2.08 bits per heavy atom. The number of aromatic nitrogens is 1. The van der Waals surface area contributed by atoms with E-state index in [0.29, 0.717) is 11.1 Å². The van der Waals surface area contributed by atoms with Gasteiger partial charge in [0.15, 0.2) is 5.96 Å². The van der Waals surface area contributed by atoms with Gasteiger partial charge in [0.05, 0.1) is 5.02 Å². The maximum absolute atomic E-state index is 6.25. The van der Waals surface area contributed by atoms with E-state index in [0.717, 1.165) is 37.8 Å². The zero-order valence-electron chi connectivity index (χ0n) is 15.1. The lowest BCUT2D eigenvalue weighted by molar-refractivity contribution is 0.648. The van der Waals surface area contributed by atoms with Crippen molar-refractivity contribution in [3.05, 3.63) is 58.7 Å². The van der Waals surface area contributed by atoms with Gasteiger partial charge in [-0.25, -0.2) is 4.98 Å². The zero-order valence-corrected chi connectivity index (χ0v) is 18.2. The molecule has 140 valence electrons. The van der Waals surface area contributed by atoms with E-state index in [-0.39, 0.29) is 24.0 Å². The highest BCUT2D eigenvalue weighted by Crippen LogP contribution is 2.25. The van der Waals surface area contributed by atoms with Crippen molar-refractivity contribution in [3.63, 3.8) is 0 Å². The molecule has 0 radical (unpaired) electrons. The van der Waals surface area contributed by atoms with Crippen LogP contribution >= 0.6 is 35.6 Å². The molecule has 1 aromatic heterocycles. The maximum Gasteiger partial charge on any atom is 0.191 e. The molecule has 1 aliphatic heterocycles. The van der Waals surface area contributed by atoms with Crippen LogP contribution in [0.3, 0.4) is 0 Å². The highest BCUT2D eigenvalue weighted by Gasteiger charge is 2.25. The first-order valence-electron chi connectivity index (χ1n) is 8.54. The lowest BCUT2D eigenvalue weighted by Gasteiger charge is -2.20. The first kappa shape index (κ1) is 20.8. The third-order valence-corrected chi connectivity index (χ3v) is 4.67. The van der Waals surface area contributed by atoms with Gasteiger partial charge in [0.2, 0.25) is 0 Å². The number of rotatable bonds is 4. The van der Waals surface area contributed by atoms with Crippen LogP contribution in [0.4, 0.5) is 5.82 Å². The lowest BCUT2D eigenvalue weighted by atomic mass is 10.1. The van der Waals surface area contributed by atoms with Crippen LogP contribution in [0.2, 0.25) is 5.02 Å². The Labute approximate surface area is 177 Å². The van der Waals surface area contributed by atoms with Crippen molar-refractivity contribution in [1.82, 2.24) is 15.6 Å². The maximum atomic E-state index is 6.25. The molecule has 1 fully saturated rings. The molecule has 7 heteroatoms. The number of nitrogens with one attached hydrogen (secondary N) is 2. The summed E-state index contributed by atoms with van der Waals surface area (Å²) in [6, 6.07) is 12.6. The Morgan fingerprint density at radius 3 is 2.77 bits per heavy atom. The SMILES string of the molecule is CN=C(NCc1ccc(C)cc1)NC1CCN(c2ncccc2Cl)C1.I. The minimum absolute atomic E-state index is 0.